The smallest absolute Gasteiger partial charge is 0.374 e. The molecule has 1 aliphatic carbocycles. The number of amides is 1. The molecule has 1 N–H and O–H groups in total. The third-order valence-electron chi connectivity index (χ3n) is 6.69. The maximum absolute atomic E-state index is 14.4. The van der Waals surface area contributed by atoms with Crippen LogP contribution in [-0.2, 0) is 28.1 Å². The molecule has 40 heavy (non-hydrogen) atoms. The number of nitrogens with one attached hydrogen (secondary N) is 1. The summed E-state index contributed by atoms with van der Waals surface area (Å²) in [6, 6.07) is 1.57. The van der Waals surface area contributed by atoms with Crippen LogP contribution < -0.4 is 5.32 Å². The van der Waals surface area contributed by atoms with Gasteiger partial charge in [-0.05, 0) is 55.4 Å². The summed E-state index contributed by atoms with van der Waals surface area (Å²) in [7, 11) is 0. The van der Waals surface area contributed by atoms with Crippen LogP contribution in [0.2, 0.25) is 10.0 Å². The van der Waals surface area contributed by atoms with E-state index < -0.39 is 63.9 Å². The number of alkyl halides is 6. The molecule has 0 saturated heterocycles. The Hall–Kier alpha value is -2.38. The van der Waals surface area contributed by atoms with Gasteiger partial charge in [-0.25, -0.2) is 4.39 Å². The number of unbranched alkanes of at least 4 members (excludes halogenated alkanes) is 1. The summed E-state index contributed by atoms with van der Waals surface area (Å²) in [5.41, 5.74) is -2.29. The molecule has 0 spiro atoms. The summed E-state index contributed by atoms with van der Waals surface area (Å²) in [4.78, 5) is 30.5. The minimum absolute atomic E-state index is 0.0258. The molecule has 2 heterocycles. The summed E-state index contributed by atoms with van der Waals surface area (Å²) in [6.07, 6.45) is -9.77. The number of thiophene rings is 1. The molecule has 1 aromatic carbocycles. The quantitative estimate of drug-likeness (QED) is 0.175. The van der Waals surface area contributed by atoms with Crippen molar-refractivity contribution in [2.45, 2.75) is 69.3 Å². The first kappa shape index (κ1) is 30.6. The first-order valence-corrected chi connectivity index (χ1v) is 13.7. The number of benzene rings is 1. The fraction of sp³-hybridized carbons (Fsp3) is 0.480. The number of oxime groups is 1. The number of carbonyl (C=O) groups is 2. The molecule has 2 aromatic rings. The Morgan fingerprint density at radius 1 is 1.05 bits per heavy atom. The molecule has 218 valence electrons. The standard InChI is InChI=1S/C25H21Cl2F7N2O3S/c26-16-8-12(9-17(27)19(16)28)23(25(32,33)34)10-18(36-39-23)20-14-5-3-6-15(14)21(40-20)22(38)35-11-13(37)4-1-2-7-24(29,30)31/h8-9H,1-7,10-11H2,(H,35,38)/t23-/m0/s1. The molecule has 2 aliphatic rings. The van der Waals surface area contributed by atoms with Crippen molar-refractivity contribution in [2.24, 2.45) is 5.16 Å². The fourth-order valence-electron chi connectivity index (χ4n) is 4.70. The molecule has 1 aromatic heterocycles. The molecule has 0 unspecified atom stereocenters. The van der Waals surface area contributed by atoms with Crippen molar-refractivity contribution in [3.63, 3.8) is 0 Å². The van der Waals surface area contributed by atoms with Gasteiger partial charge in [0.25, 0.3) is 11.5 Å². The minimum Gasteiger partial charge on any atom is -0.374 e. The molecule has 4 rings (SSSR count). The monoisotopic (exact) mass is 632 g/mol. The number of fused-ring (bicyclic) bond motifs is 1. The summed E-state index contributed by atoms with van der Waals surface area (Å²) in [5, 5.41) is 4.95. The Morgan fingerprint density at radius 3 is 2.33 bits per heavy atom. The SMILES string of the molecule is O=C(CCCCC(F)(F)F)CNC(=O)c1sc(C2=NO[C@@](c3cc(Cl)c(F)c(Cl)c3)(C(F)(F)F)C2)c2c1CCC2. The van der Waals surface area contributed by atoms with Crippen molar-refractivity contribution in [3.8, 4) is 0 Å². The third kappa shape index (κ3) is 6.25. The molecule has 5 nitrogen and oxygen atoms in total. The van der Waals surface area contributed by atoms with E-state index in [4.69, 9.17) is 28.0 Å². The van der Waals surface area contributed by atoms with E-state index in [0.29, 0.717) is 35.3 Å². The van der Waals surface area contributed by atoms with Gasteiger partial charge >= 0.3 is 12.4 Å². The Labute approximate surface area is 237 Å². The van der Waals surface area contributed by atoms with Crippen molar-refractivity contribution < 1.29 is 45.2 Å². The van der Waals surface area contributed by atoms with E-state index in [1.807, 2.05) is 0 Å². The minimum atomic E-state index is -5.00. The van der Waals surface area contributed by atoms with Gasteiger partial charge in [-0.2, -0.15) is 26.3 Å². The van der Waals surface area contributed by atoms with E-state index in [9.17, 15) is 40.3 Å². The van der Waals surface area contributed by atoms with Gasteiger partial charge in [-0.3, -0.25) is 9.59 Å². The van der Waals surface area contributed by atoms with Crippen LogP contribution in [0.25, 0.3) is 0 Å². The molecular weight excluding hydrogens is 612 g/mol. The van der Waals surface area contributed by atoms with Crippen molar-refractivity contribution in [2.75, 3.05) is 6.54 Å². The number of ketones is 1. The number of nitrogens with zero attached hydrogens (tertiary/aromatic N) is 1. The van der Waals surface area contributed by atoms with Gasteiger partial charge in [0.1, 0.15) is 5.71 Å². The van der Waals surface area contributed by atoms with E-state index in [1.165, 1.54) is 0 Å². The highest BCUT2D eigenvalue weighted by atomic mass is 35.5. The highest BCUT2D eigenvalue weighted by molar-refractivity contribution is 7.16. The lowest BCUT2D eigenvalue weighted by molar-refractivity contribution is -0.275. The van der Waals surface area contributed by atoms with Crippen molar-refractivity contribution >= 4 is 51.9 Å². The summed E-state index contributed by atoms with van der Waals surface area (Å²) in [6.45, 7) is -0.389. The second kappa shape index (κ2) is 11.5. The number of Topliss-reactive ketones (excluding diaryl/α,β-unsaturated/α-hetero) is 1. The topological polar surface area (TPSA) is 67.8 Å². The van der Waals surface area contributed by atoms with E-state index in [0.717, 1.165) is 23.5 Å². The van der Waals surface area contributed by atoms with Gasteiger partial charge in [0.15, 0.2) is 11.6 Å². The van der Waals surface area contributed by atoms with Gasteiger partial charge in [0, 0.05) is 18.4 Å². The lowest BCUT2D eigenvalue weighted by atomic mass is 9.87. The Balaban J connectivity index is 1.50. The highest BCUT2D eigenvalue weighted by Crippen LogP contribution is 2.51. The Kier molecular flexibility index (Phi) is 8.77. The molecule has 0 saturated carbocycles. The number of carbonyl (C=O) groups excluding carboxylic acids is 2. The maximum Gasteiger partial charge on any atom is 0.435 e. The number of halogens is 9. The van der Waals surface area contributed by atoms with Gasteiger partial charge in [0.2, 0.25) is 0 Å². The van der Waals surface area contributed by atoms with Crippen LogP contribution in [-0.4, -0.2) is 36.3 Å². The highest BCUT2D eigenvalue weighted by Gasteiger charge is 2.63. The normalized spacial score (nSPS) is 18.9. The van der Waals surface area contributed by atoms with E-state index in [2.05, 4.69) is 10.5 Å². The van der Waals surface area contributed by atoms with Crippen molar-refractivity contribution in [3.05, 3.63) is 54.4 Å². The molecule has 1 aliphatic heterocycles. The molecule has 0 bridgehead atoms. The lowest BCUT2D eigenvalue weighted by Crippen LogP contribution is -2.42. The maximum atomic E-state index is 14.4. The van der Waals surface area contributed by atoms with Crippen LogP contribution in [0, 0.1) is 5.82 Å². The fourth-order valence-corrected chi connectivity index (χ4v) is 6.48. The average molecular weight is 633 g/mol. The van der Waals surface area contributed by atoms with Crippen molar-refractivity contribution in [1.82, 2.24) is 5.32 Å². The number of hydrogen-bond donors (Lipinski definition) is 1. The summed E-state index contributed by atoms with van der Waals surface area (Å²) in [5.74, 6) is -2.13. The second-order valence-electron chi connectivity index (χ2n) is 9.50. The first-order chi connectivity index (χ1) is 18.6. The zero-order valence-electron chi connectivity index (χ0n) is 20.5. The predicted molar refractivity (Wildman–Crippen MR) is 135 cm³/mol. The van der Waals surface area contributed by atoms with Crippen LogP contribution in [0.5, 0.6) is 0 Å². The van der Waals surface area contributed by atoms with E-state index >= 15 is 0 Å². The molecule has 15 heteroatoms. The van der Waals surface area contributed by atoms with Crippen LogP contribution in [0.3, 0.4) is 0 Å². The molecular formula is C25H21Cl2F7N2O3S. The number of hydrogen-bond acceptors (Lipinski definition) is 5. The van der Waals surface area contributed by atoms with Crippen LogP contribution in [0.4, 0.5) is 30.7 Å². The molecule has 0 radical (unpaired) electrons. The number of rotatable bonds is 9. The Morgan fingerprint density at radius 2 is 1.70 bits per heavy atom. The zero-order valence-corrected chi connectivity index (χ0v) is 22.8. The van der Waals surface area contributed by atoms with Crippen LogP contribution >= 0.6 is 34.5 Å². The van der Waals surface area contributed by atoms with Crippen LogP contribution in [0.1, 0.15) is 69.8 Å². The molecule has 0 fully saturated rings. The largest absolute Gasteiger partial charge is 0.435 e. The lowest BCUT2D eigenvalue weighted by Gasteiger charge is -2.29. The Bertz CT molecular complexity index is 1330. The summed E-state index contributed by atoms with van der Waals surface area (Å²) >= 11 is 12.4. The average Bonchev–Trinajstić information content (AvgIpc) is 3.58. The third-order valence-corrected chi connectivity index (χ3v) is 8.56. The predicted octanol–water partition coefficient (Wildman–Crippen LogP) is 7.69. The van der Waals surface area contributed by atoms with Crippen molar-refractivity contribution in [1.29, 1.82) is 0 Å². The van der Waals surface area contributed by atoms with Gasteiger partial charge in [-0.15, -0.1) is 11.3 Å². The van der Waals surface area contributed by atoms with Gasteiger partial charge in [-0.1, -0.05) is 28.4 Å². The molecule has 1 atom stereocenters. The second-order valence-corrected chi connectivity index (χ2v) is 11.3. The van der Waals surface area contributed by atoms with Gasteiger partial charge < -0.3 is 10.2 Å². The molecule has 1 amide bonds. The van der Waals surface area contributed by atoms with Gasteiger partial charge in [0.05, 0.1) is 32.8 Å². The van der Waals surface area contributed by atoms with E-state index in [1.54, 1.807) is 0 Å². The van der Waals surface area contributed by atoms with E-state index in [-0.39, 0.29) is 36.4 Å². The van der Waals surface area contributed by atoms with Crippen LogP contribution in [0.15, 0.2) is 17.3 Å². The zero-order chi connectivity index (χ0) is 29.5. The summed E-state index contributed by atoms with van der Waals surface area (Å²) < 4.78 is 93.8. The first-order valence-electron chi connectivity index (χ1n) is 12.1.